The van der Waals surface area contributed by atoms with E-state index in [9.17, 15) is 13.2 Å². The number of rotatable bonds is 5. The van der Waals surface area contributed by atoms with Crippen LogP contribution in [0.3, 0.4) is 0 Å². The Morgan fingerprint density at radius 3 is 2.88 bits per heavy atom. The summed E-state index contributed by atoms with van der Waals surface area (Å²) in [5, 5.41) is 8.08. The van der Waals surface area contributed by atoms with Crippen LogP contribution in [0.2, 0.25) is 0 Å². The molecule has 8 heteroatoms. The maximum Gasteiger partial charge on any atom is 0.253 e. The zero-order chi connectivity index (χ0) is 17.2. The van der Waals surface area contributed by atoms with E-state index in [1.54, 1.807) is 17.5 Å². The molecule has 2 aliphatic rings. The monoisotopic (exact) mass is 371 g/mol. The van der Waals surface area contributed by atoms with Crippen LogP contribution in [0.25, 0.3) is 0 Å². The average molecular weight is 372 g/mol. The lowest BCUT2D eigenvalue weighted by atomic mass is 9.81. The van der Waals surface area contributed by atoms with E-state index >= 15 is 0 Å². The molecule has 1 amide bonds. The molecule has 2 aliphatic heterocycles. The van der Waals surface area contributed by atoms with Gasteiger partial charge < -0.3 is 10.6 Å². The molecule has 2 N–H and O–H groups in total. The van der Waals surface area contributed by atoms with Crippen LogP contribution < -0.4 is 10.6 Å². The van der Waals surface area contributed by atoms with Crippen molar-refractivity contribution in [3.63, 3.8) is 0 Å². The van der Waals surface area contributed by atoms with Gasteiger partial charge in [0.05, 0.1) is 0 Å². The minimum atomic E-state index is -3.57. The molecule has 1 atom stereocenters. The second kappa shape index (κ2) is 7.11. The SMILES string of the molecule is CC1(CNC(=O)C2CCCN2S(=O)(=O)c2cccs2)CCNCC1. The third-order valence-corrected chi connectivity index (χ3v) is 8.35. The molecular weight excluding hydrogens is 346 g/mol. The van der Waals surface area contributed by atoms with Gasteiger partial charge >= 0.3 is 0 Å². The fraction of sp³-hybridized carbons (Fsp3) is 0.688. The summed E-state index contributed by atoms with van der Waals surface area (Å²) in [4.78, 5) is 12.6. The summed E-state index contributed by atoms with van der Waals surface area (Å²) >= 11 is 1.20. The van der Waals surface area contributed by atoms with Gasteiger partial charge in [0, 0.05) is 13.1 Å². The number of carbonyl (C=O) groups is 1. The molecule has 0 spiro atoms. The van der Waals surface area contributed by atoms with Gasteiger partial charge in [-0.15, -0.1) is 11.3 Å². The number of sulfonamides is 1. The van der Waals surface area contributed by atoms with E-state index in [0.29, 0.717) is 23.7 Å². The molecule has 1 aromatic heterocycles. The van der Waals surface area contributed by atoms with Crippen molar-refractivity contribution in [2.75, 3.05) is 26.2 Å². The quantitative estimate of drug-likeness (QED) is 0.820. The Hall–Kier alpha value is -0.960. The summed E-state index contributed by atoms with van der Waals surface area (Å²) in [6.45, 7) is 5.14. The van der Waals surface area contributed by atoms with E-state index in [-0.39, 0.29) is 11.3 Å². The van der Waals surface area contributed by atoms with Crippen molar-refractivity contribution in [3.8, 4) is 0 Å². The van der Waals surface area contributed by atoms with E-state index in [0.717, 1.165) is 32.4 Å². The first-order chi connectivity index (χ1) is 11.4. The van der Waals surface area contributed by atoms with Gasteiger partial charge in [-0.1, -0.05) is 13.0 Å². The molecule has 0 aliphatic carbocycles. The Balaban J connectivity index is 1.66. The molecule has 2 saturated heterocycles. The fourth-order valence-corrected chi connectivity index (χ4v) is 6.22. The summed E-state index contributed by atoms with van der Waals surface area (Å²) in [5.41, 5.74) is 0.0942. The minimum Gasteiger partial charge on any atom is -0.354 e. The lowest BCUT2D eigenvalue weighted by Gasteiger charge is -2.34. The predicted octanol–water partition coefficient (Wildman–Crippen LogP) is 1.41. The highest BCUT2D eigenvalue weighted by atomic mass is 32.2. The van der Waals surface area contributed by atoms with E-state index in [2.05, 4.69) is 17.6 Å². The van der Waals surface area contributed by atoms with E-state index in [1.807, 2.05) is 0 Å². The first-order valence-corrected chi connectivity index (χ1v) is 10.8. The third kappa shape index (κ3) is 3.66. The molecule has 0 aromatic carbocycles. The molecule has 134 valence electrons. The highest BCUT2D eigenvalue weighted by Crippen LogP contribution is 2.30. The number of thiophene rings is 1. The number of hydrogen-bond donors (Lipinski definition) is 2. The number of piperidine rings is 1. The summed E-state index contributed by atoms with van der Waals surface area (Å²) in [7, 11) is -3.57. The second-order valence-electron chi connectivity index (χ2n) is 6.98. The van der Waals surface area contributed by atoms with Crippen LogP contribution in [0, 0.1) is 5.41 Å². The molecular formula is C16H25N3O3S2. The van der Waals surface area contributed by atoms with Crippen molar-refractivity contribution in [1.29, 1.82) is 0 Å². The first kappa shape index (κ1) is 17.8. The van der Waals surface area contributed by atoms with Crippen molar-refractivity contribution in [2.45, 2.75) is 42.9 Å². The number of amides is 1. The number of hydrogen-bond acceptors (Lipinski definition) is 5. The van der Waals surface area contributed by atoms with Gasteiger partial charge in [-0.05, 0) is 55.6 Å². The van der Waals surface area contributed by atoms with Crippen molar-refractivity contribution in [2.24, 2.45) is 5.41 Å². The molecule has 1 unspecified atom stereocenters. The molecule has 24 heavy (non-hydrogen) atoms. The molecule has 0 radical (unpaired) electrons. The summed E-state index contributed by atoms with van der Waals surface area (Å²) in [6.07, 6.45) is 3.36. The van der Waals surface area contributed by atoms with Crippen molar-refractivity contribution in [3.05, 3.63) is 17.5 Å². The van der Waals surface area contributed by atoms with E-state index in [4.69, 9.17) is 0 Å². The van der Waals surface area contributed by atoms with Gasteiger partial charge in [0.15, 0.2) is 0 Å². The number of carbonyl (C=O) groups excluding carboxylic acids is 1. The van der Waals surface area contributed by atoms with Crippen LogP contribution >= 0.6 is 11.3 Å². The molecule has 1 aromatic rings. The normalized spacial score (nSPS) is 24.8. The molecule has 3 heterocycles. The van der Waals surface area contributed by atoms with Crippen LogP contribution in [0.15, 0.2) is 21.7 Å². The lowest BCUT2D eigenvalue weighted by molar-refractivity contribution is -0.124. The smallest absolute Gasteiger partial charge is 0.253 e. The summed E-state index contributed by atoms with van der Waals surface area (Å²) in [5.74, 6) is -0.160. The Morgan fingerprint density at radius 1 is 1.46 bits per heavy atom. The first-order valence-electron chi connectivity index (χ1n) is 8.46. The maximum atomic E-state index is 12.7. The van der Waals surface area contributed by atoms with Gasteiger partial charge in [0.2, 0.25) is 5.91 Å². The Kier molecular flexibility index (Phi) is 5.29. The van der Waals surface area contributed by atoms with E-state index in [1.165, 1.54) is 15.6 Å². The van der Waals surface area contributed by atoms with Crippen molar-refractivity contribution >= 4 is 27.3 Å². The van der Waals surface area contributed by atoms with Gasteiger partial charge in [-0.25, -0.2) is 8.42 Å². The Labute approximate surface area is 147 Å². The van der Waals surface area contributed by atoms with Crippen LogP contribution in [-0.4, -0.2) is 50.9 Å². The molecule has 0 saturated carbocycles. The second-order valence-corrected chi connectivity index (χ2v) is 10.0. The Bertz CT molecular complexity index is 667. The van der Waals surface area contributed by atoms with Gasteiger partial charge in [-0.3, -0.25) is 4.79 Å². The number of nitrogens with zero attached hydrogens (tertiary/aromatic N) is 1. The van der Waals surface area contributed by atoms with Crippen molar-refractivity contribution in [1.82, 2.24) is 14.9 Å². The molecule has 6 nitrogen and oxygen atoms in total. The van der Waals surface area contributed by atoms with Crippen LogP contribution in [0.5, 0.6) is 0 Å². The standard InChI is InChI=1S/C16H25N3O3S2/c1-16(6-8-17-9-7-16)12-18-15(20)13-4-2-10-19(13)24(21,22)14-5-3-11-23-14/h3,5,11,13,17H,2,4,6-10,12H2,1H3,(H,18,20). The topological polar surface area (TPSA) is 78.5 Å². The highest BCUT2D eigenvalue weighted by molar-refractivity contribution is 7.91. The minimum absolute atomic E-state index is 0.0942. The van der Waals surface area contributed by atoms with Crippen LogP contribution in [0.1, 0.15) is 32.6 Å². The average Bonchev–Trinajstić information content (AvgIpc) is 3.25. The van der Waals surface area contributed by atoms with Crippen LogP contribution in [0.4, 0.5) is 0 Å². The zero-order valence-corrected chi connectivity index (χ0v) is 15.6. The fourth-order valence-electron chi connectivity index (χ4n) is 3.44. The maximum absolute atomic E-state index is 12.7. The van der Waals surface area contributed by atoms with Gasteiger partial charge in [-0.2, -0.15) is 4.31 Å². The molecule has 0 bridgehead atoms. The number of nitrogens with one attached hydrogen (secondary N) is 2. The third-order valence-electron chi connectivity index (χ3n) is 5.06. The Morgan fingerprint density at radius 2 is 2.21 bits per heavy atom. The largest absolute Gasteiger partial charge is 0.354 e. The summed E-state index contributed by atoms with van der Waals surface area (Å²) in [6, 6.07) is 2.74. The van der Waals surface area contributed by atoms with E-state index < -0.39 is 16.1 Å². The lowest BCUT2D eigenvalue weighted by Crippen LogP contribution is -2.49. The zero-order valence-electron chi connectivity index (χ0n) is 14.0. The molecule has 3 rings (SSSR count). The summed E-state index contributed by atoms with van der Waals surface area (Å²) < 4.78 is 27.1. The predicted molar refractivity (Wildman–Crippen MR) is 94.5 cm³/mol. The van der Waals surface area contributed by atoms with Gasteiger partial charge in [0.25, 0.3) is 10.0 Å². The van der Waals surface area contributed by atoms with Crippen LogP contribution in [-0.2, 0) is 14.8 Å². The van der Waals surface area contributed by atoms with Gasteiger partial charge in [0.1, 0.15) is 10.3 Å². The van der Waals surface area contributed by atoms with Crippen molar-refractivity contribution < 1.29 is 13.2 Å². The highest BCUT2D eigenvalue weighted by Gasteiger charge is 2.40. The molecule has 2 fully saturated rings.